The number of urea groups is 1. The number of carbonyl (C=O) groups is 1. The number of para-hydroxylation sites is 2. The third kappa shape index (κ3) is 5.71. The summed E-state index contributed by atoms with van der Waals surface area (Å²) in [5.74, 6) is 0.909. The molecule has 9 heteroatoms. The first-order valence-corrected chi connectivity index (χ1v) is 9.92. The van der Waals surface area contributed by atoms with Crippen LogP contribution in [0.5, 0.6) is 0 Å². The number of rotatable bonds is 9. The molecule has 0 aliphatic heterocycles. The van der Waals surface area contributed by atoms with Crippen LogP contribution in [0.3, 0.4) is 0 Å². The average Bonchev–Trinajstić information content (AvgIpc) is 3.01. The predicted octanol–water partition coefficient (Wildman–Crippen LogP) is 1.08. The van der Waals surface area contributed by atoms with E-state index in [1.165, 1.54) is 4.31 Å². The number of aromatic nitrogens is 2. The second-order valence-electron chi connectivity index (χ2n) is 5.71. The minimum atomic E-state index is -3.16. The van der Waals surface area contributed by atoms with Crippen molar-refractivity contribution in [2.45, 2.75) is 19.8 Å². The smallest absolute Gasteiger partial charge is 0.314 e. The molecular weight excluding hydrogens is 342 g/mol. The zero-order chi connectivity index (χ0) is 18.3. The van der Waals surface area contributed by atoms with E-state index in [9.17, 15) is 13.2 Å². The summed E-state index contributed by atoms with van der Waals surface area (Å²) < 4.78 is 24.5. The minimum absolute atomic E-state index is 0.0825. The van der Waals surface area contributed by atoms with Crippen molar-refractivity contribution in [3.63, 3.8) is 0 Å². The molecule has 2 rings (SSSR count). The summed E-state index contributed by atoms with van der Waals surface area (Å²) in [5.41, 5.74) is 1.89. The lowest BCUT2D eigenvalue weighted by Gasteiger charge is -2.15. The molecule has 0 unspecified atom stereocenters. The first-order valence-electron chi connectivity index (χ1n) is 8.31. The van der Waals surface area contributed by atoms with E-state index in [-0.39, 0.29) is 11.8 Å². The third-order valence-corrected chi connectivity index (χ3v) is 5.72. The van der Waals surface area contributed by atoms with Crippen LogP contribution >= 0.6 is 0 Å². The van der Waals surface area contributed by atoms with Gasteiger partial charge in [-0.3, -0.25) is 0 Å². The van der Waals surface area contributed by atoms with Crippen LogP contribution in [0.2, 0.25) is 0 Å². The van der Waals surface area contributed by atoms with E-state index >= 15 is 0 Å². The summed E-state index contributed by atoms with van der Waals surface area (Å²) in [6.07, 6.45) is 1.17. The van der Waals surface area contributed by atoms with Crippen molar-refractivity contribution >= 4 is 27.1 Å². The molecule has 0 saturated carbocycles. The van der Waals surface area contributed by atoms with Gasteiger partial charge in [0.05, 0.1) is 16.8 Å². The Hall–Kier alpha value is -2.13. The second-order valence-corrected chi connectivity index (χ2v) is 8.07. The zero-order valence-electron chi connectivity index (χ0n) is 14.6. The molecule has 0 bridgehead atoms. The molecule has 0 aliphatic carbocycles. The maximum Gasteiger partial charge on any atom is 0.314 e. The van der Waals surface area contributed by atoms with E-state index in [4.69, 9.17) is 0 Å². The van der Waals surface area contributed by atoms with Crippen molar-refractivity contribution in [3.8, 4) is 0 Å². The average molecular weight is 367 g/mol. The number of sulfonamides is 1. The number of hydrogen-bond acceptors (Lipinski definition) is 4. The number of hydrogen-bond donors (Lipinski definition) is 3. The normalized spacial score (nSPS) is 11.8. The Balaban J connectivity index is 1.62. The van der Waals surface area contributed by atoms with Gasteiger partial charge in [0.15, 0.2) is 0 Å². The van der Waals surface area contributed by atoms with E-state index in [1.54, 1.807) is 14.0 Å². The highest BCUT2D eigenvalue weighted by atomic mass is 32.2. The van der Waals surface area contributed by atoms with Crippen molar-refractivity contribution in [1.29, 1.82) is 0 Å². The van der Waals surface area contributed by atoms with E-state index in [1.807, 2.05) is 24.3 Å². The highest BCUT2D eigenvalue weighted by Crippen LogP contribution is 2.10. The van der Waals surface area contributed by atoms with Crippen molar-refractivity contribution in [1.82, 2.24) is 24.9 Å². The molecular formula is C16H25N5O3S. The Labute approximate surface area is 148 Å². The molecule has 0 fully saturated rings. The van der Waals surface area contributed by atoms with Crippen LogP contribution in [-0.2, 0) is 16.4 Å². The maximum atomic E-state index is 11.7. The monoisotopic (exact) mass is 367 g/mol. The number of carbonyl (C=O) groups excluding carboxylic acids is 1. The second kappa shape index (κ2) is 8.82. The van der Waals surface area contributed by atoms with Crippen LogP contribution in [0.4, 0.5) is 4.79 Å². The van der Waals surface area contributed by atoms with Crippen molar-refractivity contribution in [2.24, 2.45) is 0 Å². The summed E-state index contributed by atoms with van der Waals surface area (Å²) in [6, 6.07) is 7.51. The lowest BCUT2D eigenvalue weighted by Crippen LogP contribution is -2.38. The van der Waals surface area contributed by atoms with E-state index in [0.717, 1.165) is 16.9 Å². The van der Waals surface area contributed by atoms with Crippen LogP contribution in [-0.4, -0.2) is 61.2 Å². The molecule has 0 saturated heterocycles. The van der Waals surface area contributed by atoms with E-state index in [0.29, 0.717) is 32.5 Å². The fraction of sp³-hybridized carbons (Fsp3) is 0.500. The van der Waals surface area contributed by atoms with Crippen LogP contribution < -0.4 is 10.6 Å². The van der Waals surface area contributed by atoms with Crippen molar-refractivity contribution in [2.75, 3.05) is 32.4 Å². The van der Waals surface area contributed by atoms with Crippen molar-refractivity contribution in [3.05, 3.63) is 30.1 Å². The first-order chi connectivity index (χ1) is 11.9. The summed E-state index contributed by atoms with van der Waals surface area (Å²) >= 11 is 0. The molecule has 8 nitrogen and oxygen atoms in total. The van der Waals surface area contributed by atoms with Crippen molar-refractivity contribution < 1.29 is 13.2 Å². The Kier molecular flexibility index (Phi) is 6.77. The molecule has 0 atom stereocenters. The highest BCUT2D eigenvalue weighted by Gasteiger charge is 2.14. The first kappa shape index (κ1) is 19.2. The van der Waals surface area contributed by atoms with Gasteiger partial charge >= 0.3 is 6.03 Å². The Bertz CT molecular complexity index is 770. The number of nitrogens with zero attached hydrogens (tertiary/aromatic N) is 2. The van der Waals surface area contributed by atoms with Gasteiger partial charge in [-0.05, 0) is 25.5 Å². The van der Waals surface area contributed by atoms with E-state index < -0.39 is 10.0 Å². The van der Waals surface area contributed by atoms with Gasteiger partial charge in [-0.25, -0.2) is 22.5 Å². The Morgan fingerprint density at radius 2 is 1.96 bits per heavy atom. The van der Waals surface area contributed by atoms with Crippen LogP contribution in [0.15, 0.2) is 24.3 Å². The van der Waals surface area contributed by atoms with Crippen LogP contribution in [0, 0.1) is 0 Å². The highest BCUT2D eigenvalue weighted by molar-refractivity contribution is 7.89. The molecule has 1 aromatic carbocycles. The fourth-order valence-electron chi connectivity index (χ4n) is 2.34. The molecule has 1 heterocycles. The Morgan fingerprint density at radius 1 is 1.24 bits per heavy atom. The molecule has 0 spiro atoms. The van der Waals surface area contributed by atoms with Crippen LogP contribution in [0.1, 0.15) is 19.2 Å². The number of amides is 2. The maximum absolute atomic E-state index is 11.7. The molecule has 25 heavy (non-hydrogen) atoms. The number of aromatic amines is 1. The molecule has 3 N–H and O–H groups in total. The molecule has 0 aliphatic rings. The number of H-pyrrole nitrogens is 1. The summed E-state index contributed by atoms with van der Waals surface area (Å²) in [6.45, 7) is 2.88. The fourth-order valence-corrected chi connectivity index (χ4v) is 3.19. The van der Waals surface area contributed by atoms with Gasteiger partial charge < -0.3 is 15.6 Å². The number of nitrogens with one attached hydrogen (secondary N) is 3. The largest absolute Gasteiger partial charge is 0.342 e. The topological polar surface area (TPSA) is 107 Å². The molecule has 138 valence electrons. The zero-order valence-corrected chi connectivity index (χ0v) is 15.4. The Morgan fingerprint density at radius 3 is 2.68 bits per heavy atom. The summed E-state index contributed by atoms with van der Waals surface area (Å²) in [4.78, 5) is 19.4. The predicted molar refractivity (Wildman–Crippen MR) is 97.9 cm³/mol. The molecule has 2 aromatic rings. The van der Waals surface area contributed by atoms with E-state index in [2.05, 4.69) is 20.6 Å². The van der Waals surface area contributed by atoms with Gasteiger partial charge in [0.2, 0.25) is 10.0 Å². The lowest BCUT2D eigenvalue weighted by molar-refractivity contribution is 0.240. The number of imidazole rings is 1. The summed E-state index contributed by atoms with van der Waals surface area (Å²) in [5, 5.41) is 5.48. The summed E-state index contributed by atoms with van der Waals surface area (Å²) in [7, 11) is -1.61. The van der Waals surface area contributed by atoms with Gasteiger partial charge in [0.25, 0.3) is 0 Å². The van der Waals surface area contributed by atoms with Gasteiger partial charge in [-0.2, -0.15) is 0 Å². The molecule has 2 amide bonds. The lowest BCUT2D eigenvalue weighted by atomic mass is 10.3. The number of fused-ring (bicyclic) bond motifs is 1. The van der Waals surface area contributed by atoms with Gasteiger partial charge in [0, 0.05) is 33.1 Å². The SMILES string of the molecule is CCS(=O)(=O)N(C)CCCNC(=O)NCCc1nc2ccccc2[nH]1. The molecule has 0 radical (unpaired) electrons. The standard InChI is InChI=1S/C16H25N5O3S/c1-3-25(23,24)21(2)12-6-10-17-16(22)18-11-9-15-19-13-7-4-5-8-14(13)20-15/h4-5,7-8H,3,6,9-12H2,1-2H3,(H,19,20)(H2,17,18,22). The minimum Gasteiger partial charge on any atom is -0.342 e. The third-order valence-electron chi connectivity index (χ3n) is 3.86. The molecule has 1 aromatic heterocycles. The van der Waals surface area contributed by atoms with Gasteiger partial charge in [0.1, 0.15) is 5.82 Å². The van der Waals surface area contributed by atoms with Gasteiger partial charge in [-0.15, -0.1) is 0 Å². The van der Waals surface area contributed by atoms with Gasteiger partial charge in [-0.1, -0.05) is 12.1 Å². The quantitative estimate of drug-likeness (QED) is 0.576. The van der Waals surface area contributed by atoms with Crippen LogP contribution in [0.25, 0.3) is 11.0 Å². The number of benzene rings is 1.